The van der Waals surface area contributed by atoms with Gasteiger partial charge in [-0.1, -0.05) is 29.8 Å². The largest absolute Gasteiger partial charge is 0.328 e. The zero-order valence-electron chi connectivity index (χ0n) is 19.4. The fraction of sp³-hybridized carbons (Fsp3) is 0.321. The van der Waals surface area contributed by atoms with Gasteiger partial charge in [-0.05, 0) is 56.7 Å². The maximum atomic E-state index is 6.60. The molecule has 6 nitrogen and oxygen atoms in total. The second kappa shape index (κ2) is 8.18. The number of hydrogen-bond donors (Lipinski definition) is 1. The van der Waals surface area contributed by atoms with Crippen LogP contribution in [0.15, 0.2) is 61.2 Å². The normalized spacial score (nSPS) is 20.6. The van der Waals surface area contributed by atoms with Crippen LogP contribution in [0.3, 0.4) is 0 Å². The van der Waals surface area contributed by atoms with E-state index in [4.69, 9.17) is 32.4 Å². The van der Waals surface area contributed by atoms with Gasteiger partial charge in [0.25, 0.3) is 0 Å². The zero-order valence-corrected chi connectivity index (χ0v) is 20.2. The van der Waals surface area contributed by atoms with E-state index in [0.29, 0.717) is 18.0 Å². The Kier molecular flexibility index (Phi) is 4.93. The summed E-state index contributed by atoms with van der Waals surface area (Å²) in [5, 5.41) is 6.47. The third-order valence-corrected chi connectivity index (χ3v) is 7.96. The number of imidazole rings is 1. The van der Waals surface area contributed by atoms with E-state index in [1.165, 1.54) is 18.5 Å². The van der Waals surface area contributed by atoms with Crippen molar-refractivity contribution in [1.82, 2.24) is 24.1 Å². The lowest BCUT2D eigenvalue weighted by molar-refractivity contribution is 0.304. The summed E-state index contributed by atoms with van der Waals surface area (Å²) in [6.07, 6.45) is 14.8. The van der Waals surface area contributed by atoms with Crippen LogP contribution in [0.4, 0.5) is 0 Å². The van der Waals surface area contributed by atoms with E-state index in [1.54, 1.807) is 0 Å². The molecule has 2 N–H and O–H groups in total. The molecule has 4 heterocycles. The maximum absolute atomic E-state index is 6.60. The van der Waals surface area contributed by atoms with Crippen LogP contribution in [0.2, 0.25) is 5.02 Å². The van der Waals surface area contributed by atoms with Gasteiger partial charge in [-0.25, -0.2) is 4.98 Å². The third-order valence-electron chi connectivity index (χ3n) is 7.63. The van der Waals surface area contributed by atoms with Crippen molar-refractivity contribution in [3.8, 4) is 22.4 Å². The van der Waals surface area contributed by atoms with Crippen LogP contribution in [0, 0.1) is 0 Å². The SMILES string of the molecule is NC1CCC(n2cc(-c3cnc4ccn5c(C6CC6)c(-c6ccccc6Cl)nc5c4c3)cn2)CC1. The first-order valence-electron chi connectivity index (χ1n) is 12.5. The van der Waals surface area contributed by atoms with Crippen LogP contribution in [0.1, 0.15) is 56.2 Å². The van der Waals surface area contributed by atoms with E-state index >= 15 is 0 Å². The summed E-state index contributed by atoms with van der Waals surface area (Å²) >= 11 is 6.60. The minimum Gasteiger partial charge on any atom is -0.328 e. The number of halogens is 1. The van der Waals surface area contributed by atoms with Crippen molar-refractivity contribution in [2.24, 2.45) is 5.73 Å². The van der Waals surface area contributed by atoms with Gasteiger partial charge < -0.3 is 10.1 Å². The summed E-state index contributed by atoms with van der Waals surface area (Å²) in [7, 11) is 0. The lowest BCUT2D eigenvalue weighted by Gasteiger charge is -2.26. The first-order chi connectivity index (χ1) is 17.2. The van der Waals surface area contributed by atoms with Gasteiger partial charge in [0.05, 0.1) is 34.2 Å². The number of nitrogens with zero attached hydrogens (tertiary/aromatic N) is 5. The number of fused-ring (bicyclic) bond motifs is 3. The third kappa shape index (κ3) is 3.63. The van der Waals surface area contributed by atoms with Crippen molar-refractivity contribution < 1.29 is 0 Å². The van der Waals surface area contributed by atoms with E-state index in [2.05, 4.69) is 39.7 Å². The van der Waals surface area contributed by atoms with Crippen LogP contribution >= 0.6 is 11.6 Å². The van der Waals surface area contributed by atoms with Gasteiger partial charge in [-0.3, -0.25) is 9.67 Å². The number of hydrogen-bond acceptors (Lipinski definition) is 4. The lowest BCUT2D eigenvalue weighted by atomic mass is 9.92. The van der Waals surface area contributed by atoms with E-state index in [1.807, 2.05) is 30.6 Å². The van der Waals surface area contributed by atoms with Crippen molar-refractivity contribution in [2.75, 3.05) is 0 Å². The molecule has 2 aliphatic carbocycles. The molecule has 0 spiro atoms. The fourth-order valence-electron chi connectivity index (χ4n) is 5.53. The number of aromatic nitrogens is 5. The average Bonchev–Trinajstić information content (AvgIpc) is 3.45. The highest BCUT2D eigenvalue weighted by Gasteiger charge is 2.32. The number of nitrogens with two attached hydrogens (primary N) is 1. The van der Waals surface area contributed by atoms with Gasteiger partial charge in [0.15, 0.2) is 0 Å². The molecule has 0 unspecified atom stereocenters. The topological polar surface area (TPSA) is 74.0 Å². The second-order valence-corrected chi connectivity index (χ2v) is 10.5. The van der Waals surface area contributed by atoms with Crippen molar-refractivity contribution >= 4 is 28.2 Å². The van der Waals surface area contributed by atoms with Crippen LogP contribution in [-0.2, 0) is 0 Å². The number of rotatable bonds is 4. The molecule has 0 aliphatic heterocycles. The Balaban J connectivity index is 1.34. The summed E-state index contributed by atoms with van der Waals surface area (Å²) in [5.41, 5.74) is 13.3. The molecular formula is C28H27ClN6. The summed E-state index contributed by atoms with van der Waals surface area (Å²) in [6, 6.07) is 13.0. The Morgan fingerprint density at radius 3 is 2.57 bits per heavy atom. The number of pyridine rings is 2. The molecule has 4 aromatic heterocycles. The highest BCUT2D eigenvalue weighted by Crippen LogP contribution is 2.46. The quantitative estimate of drug-likeness (QED) is 0.322. The summed E-state index contributed by atoms with van der Waals surface area (Å²) in [6.45, 7) is 0. The summed E-state index contributed by atoms with van der Waals surface area (Å²) in [4.78, 5) is 9.96. The van der Waals surface area contributed by atoms with Gasteiger partial charge >= 0.3 is 0 Å². The minimum atomic E-state index is 0.333. The molecule has 2 fully saturated rings. The zero-order chi connectivity index (χ0) is 23.5. The van der Waals surface area contributed by atoms with Crippen molar-refractivity contribution in [2.45, 2.75) is 56.5 Å². The van der Waals surface area contributed by atoms with Crippen molar-refractivity contribution in [1.29, 1.82) is 0 Å². The molecular weight excluding hydrogens is 456 g/mol. The van der Waals surface area contributed by atoms with Crippen molar-refractivity contribution in [3.63, 3.8) is 0 Å². The highest BCUT2D eigenvalue weighted by atomic mass is 35.5. The van der Waals surface area contributed by atoms with Crippen LogP contribution in [-0.4, -0.2) is 30.2 Å². The average molecular weight is 483 g/mol. The molecule has 35 heavy (non-hydrogen) atoms. The molecule has 2 aliphatic rings. The molecule has 0 radical (unpaired) electrons. The standard InChI is InChI=1S/C28H27ClN6/c29-24-4-2-1-3-22(24)26-27(17-5-6-17)34-12-11-25-23(28(34)33-26)13-18(14-31-25)19-15-32-35(16-19)21-9-7-20(30)8-10-21/h1-4,11-17,20-21H,5-10,30H2. The molecule has 1 aromatic carbocycles. The van der Waals surface area contributed by atoms with E-state index in [9.17, 15) is 0 Å². The van der Waals surface area contributed by atoms with Crippen LogP contribution in [0.25, 0.3) is 38.9 Å². The van der Waals surface area contributed by atoms with Gasteiger partial charge in [0.2, 0.25) is 0 Å². The molecule has 0 saturated heterocycles. The van der Waals surface area contributed by atoms with Crippen LogP contribution < -0.4 is 5.73 Å². The van der Waals surface area contributed by atoms with Gasteiger partial charge in [0.1, 0.15) is 5.65 Å². The van der Waals surface area contributed by atoms with E-state index in [0.717, 1.165) is 69.6 Å². The maximum Gasteiger partial charge on any atom is 0.147 e. The van der Waals surface area contributed by atoms with Gasteiger partial charge in [0, 0.05) is 52.6 Å². The molecule has 7 heteroatoms. The Labute approximate surface area is 208 Å². The molecule has 5 aromatic rings. The Hall–Kier alpha value is -3.22. The van der Waals surface area contributed by atoms with Crippen LogP contribution in [0.5, 0.6) is 0 Å². The molecule has 2 saturated carbocycles. The second-order valence-electron chi connectivity index (χ2n) is 10.0. The predicted molar refractivity (Wildman–Crippen MR) is 140 cm³/mol. The van der Waals surface area contributed by atoms with E-state index < -0.39 is 0 Å². The van der Waals surface area contributed by atoms with Gasteiger partial charge in [-0.2, -0.15) is 5.10 Å². The predicted octanol–water partition coefficient (Wildman–Crippen LogP) is 6.39. The first kappa shape index (κ1) is 21.1. The van der Waals surface area contributed by atoms with Crippen molar-refractivity contribution in [3.05, 3.63) is 71.9 Å². The number of benzene rings is 1. The Morgan fingerprint density at radius 2 is 1.77 bits per heavy atom. The van der Waals surface area contributed by atoms with E-state index in [-0.39, 0.29) is 0 Å². The molecule has 176 valence electrons. The molecule has 7 rings (SSSR count). The smallest absolute Gasteiger partial charge is 0.147 e. The summed E-state index contributed by atoms with van der Waals surface area (Å²) in [5.74, 6) is 0.520. The Morgan fingerprint density at radius 1 is 0.943 bits per heavy atom. The highest BCUT2D eigenvalue weighted by molar-refractivity contribution is 6.33. The minimum absolute atomic E-state index is 0.333. The Bertz CT molecular complexity index is 1550. The lowest BCUT2D eigenvalue weighted by Crippen LogP contribution is -2.27. The summed E-state index contributed by atoms with van der Waals surface area (Å²) < 4.78 is 4.36. The molecule has 0 bridgehead atoms. The monoisotopic (exact) mass is 482 g/mol. The van der Waals surface area contributed by atoms with Gasteiger partial charge in [-0.15, -0.1) is 0 Å². The molecule has 0 atom stereocenters. The molecule has 0 amide bonds. The first-order valence-corrected chi connectivity index (χ1v) is 12.9. The fourth-order valence-corrected chi connectivity index (χ4v) is 5.75.